The van der Waals surface area contributed by atoms with Gasteiger partial charge in [-0.3, -0.25) is 4.79 Å². The van der Waals surface area contributed by atoms with Gasteiger partial charge >= 0.3 is 0 Å². The molecule has 0 amide bonds. The van der Waals surface area contributed by atoms with Gasteiger partial charge in [0.15, 0.2) is 5.78 Å². The molecule has 0 saturated carbocycles. The van der Waals surface area contributed by atoms with Gasteiger partial charge in [0.1, 0.15) is 0 Å². The molecule has 0 spiro atoms. The Hall–Kier alpha value is -1.11. The van der Waals surface area contributed by atoms with Gasteiger partial charge < -0.3 is 0 Å². The Morgan fingerprint density at radius 1 is 1.29 bits per heavy atom. The maximum Gasteiger partial charge on any atom is 0.159 e. The van der Waals surface area contributed by atoms with Crippen molar-refractivity contribution in [2.75, 3.05) is 0 Å². The van der Waals surface area contributed by atoms with Crippen molar-refractivity contribution in [1.29, 1.82) is 0 Å². The van der Waals surface area contributed by atoms with Crippen molar-refractivity contribution in [2.24, 2.45) is 0 Å². The molecule has 0 heterocycles. The Kier molecular flexibility index (Phi) is 6.73. The predicted molar refractivity (Wildman–Crippen MR) is 62.2 cm³/mol. The summed E-state index contributed by atoms with van der Waals surface area (Å²) < 4.78 is 0. The van der Waals surface area contributed by atoms with Gasteiger partial charge in [0.2, 0.25) is 0 Å². The maximum absolute atomic E-state index is 11.2. The Morgan fingerprint density at radius 3 is 2.43 bits per heavy atom. The topological polar surface area (TPSA) is 17.1 Å². The summed E-state index contributed by atoms with van der Waals surface area (Å²) >= 11 is 0. The molecule has 0 aliphatic rings. The Balaban J connectivity index is 3.94. The summed E-state index contributed by atoms with van der Waals surface area (Å²) in [7, 11) is 0. The van der Waals surface area contributed by atoms with Gasteiger partial charge in [-0.15, -0.1) is 6.58 Å². The van der Waals surface area contributed by atoms with E-state index in [9.17, 15) is 4.79 Å². The summed E-state index contributed by atoms with van der Waals surface area (Å²) in [5.74, 6) is 0.148. The summed E-state index contributed by atoms with van der Waals surface area (Å²) in [6.07, 6.45) is 7.98. The molecule has 0 bridgehead atoms. The van der Waals surface area contributed by atoms with Gasteiger partial charge in [0.05, 0.1) is 0 Å². The van der Waals surface area contributed by atoms with Crippen LogP contribution in [0.4, 0.5) is 0 Å². The van der Waals surface area contributed by atoms with E-state index < -0.39 is 0 Å². The van der Waals surface area contributed by atoms with Gasteiger partial charge in [0.25, 0.3) is 0 Å². The third kappa shape index (κ3) is 7.53. The van der Waals surface area contributed by atoms with E-state index in [4.69, 9.17) is 0 Å². The molecule has 1 heteroatoms. The van der Waals surface area contributed by atoms with Crippen molar-refractivity contribution in [3.05, 3.63) is 36.0 Å². The lowest BCUT2D eigenvalue weighted by atomic mass is 10.1. The van der Waals surface area contributed by atoms with Crippen molar-refractivity contribution in [3.8, 4) is 0 Å². The molecule has 0 radical (unpaired) electrons. The van der Waals surface area contributed by atoms with E-state index in [1.165, 1.54) is 5.57 Å². The summed E-state index contributed by atoms with van der Waals surface area (Å²) in [5, 5.41) is 0. The fourth-order valence-electron chi connectivity index (χ4n) is 1.14. The van der Waals surface area contributed by atoms with E-state index in [2.05, 4.69) is 26.5 Å². The highest BCUT2D eigenvalue weighted by Gasteiger charge is 1.95. The minimum absolute atomic E-state index is 0.148. The van der Waals surface area contributed by atoms with Crippen molar-refractivity contribution in [2.45, 2.75) is 40.0 Å². The zero-order chi connectivity index (χ0) is 11.0. The van der Waals surface area contributed by atoms with Crippen LogP contribution in [0.5, 0.6) is 0 Å². The quantitative estimate of drug-likeness (QED) is 0.462. The average molecular weight is 192 g/mol. The molecule has 0 unspecified atom stereocenters. The molecule has 0 fully saturated rings. The zero-order valence-corrected chi connectivity index (χ0v) is 9.47. The SMILES string of the molecule is C=CCC(=O)/C=C(/C)CCC=C(C)C. The number of hydrogen-bond acceptors (Lipinski definition) is 1. The minimum Gasteiger partial charge on any atom is -0.295 e. The Labute approximate surface area is 87.2 Å². The summed E-state index contributed by atoms with van der Waals surface area (Å²) in [5.41, 5.74) is 2.48. The molecular weight excluding hydrogens is 172 g/mol. The average Bonchev–Trinajstić information content (AvgIpc) is 2.03. The number of carbonyl (C=O) groups excluding carboxylic acids is 1. The van der Waals surface area contributed by atoms with E-state index in [0.29, 0.717) is 6.42 Å². The molecule has 1 nitrogen and oxygen atoms in total. The number of rotatable bonds is 6. The first-order chi connectivity index (χ1) is 6.56. The summed E-state index contributed by atoms with van der Waals surface area (Å²) in [6, 6.07) is 0. The second kappa shape index (κ2) is 7.31. The van der Waals surface area contributed by atoms with Crippen LogP contribution in [-0.2, 0) is 4.79 Å². The minimum atomic E-state index is 0.148. The molecule has 0 aliphatic heterocycles. The number of allylic oxidation sites excluding steroid dienone is 5. The van der Waals surface area contributed by atoms with Gasteiger partial charge in [-0.1, -0.05) is 23.3 Å². The molecule has 0 aromatic rings. The smallest absolute Gasteiger partial charge is 0.159 e. The monoisotopic (exact) mass is 192 g/mol. The Bertz CT molecular complexity index is 252. The van der Waals surface area contributed by atoms with Gasteiger partial charge in [-0.25, -0.2) is 0 Å². The lowest BCUT2D eigenvalue weighted by molar-refractivity contribution is -0.113. The molecule has 0 aromatic heterocycles. The van der Waals surface area contributed by atoms with Crippen LogP contribution in [0.3, 0.4) is 0 Å². The highest BCUT2D eigenvalue weighted by Crippen LogP contribution is 2.07. The molecule has 78 valence electrons. The van der Waals surface area contributed by atoms with E-state index in [1.54, 1.807) is 12.2 Å². The van der Waals surface area contributed by atoms with Crippen LogP contribution in [-0.4, -0.2) is 5.78 Å². The van der Waals surface area contributed by atoms with Crippen molar-refractivity contribution < 1.29 is 4.79 Å². The second-order valence-corrected chi connectivity index (χ2v) is 3.77. The van der Waals surface area contributed by atoms with E-state index in [-0.39, 0.29) is 5.78 Å². The van der Waals surface area contributed by atoms with Crippen LogP contribution < -0.4 is 0 Å². The van der Waals surface area contributed by atoms with Crippen LogP contribution in [0.2, 0.25) is 0 Å². The van der Waals surface area contributed by atoms with E-state index >= 15 is 0 Å². The third-order valence-corrected chi connectivity index (χ3v) is 1.84. The van der Waals surface area contributed by atoms with E-state index in [1.807, 2.05) is 6.92 Å². The van der Waals surface area contributed by atoms with Crippen molar-refractivity contribution in [3.63, 3.8) is 0 Å². The Morgan fingerprint density at radius 2 is 1.93 bits per heavy atom. The van der Waals surface area contributed by atoms with Crippen LogP contribution in [0.15, 0.2) is 36.0 Å². The molecule has 0 N–H and O–H groups in total. The molecule has 0 rings (SSSR count). The van der Waals surface area contributed by atoms with Crippen LogP contribution in [0, 0.1) is 0 Å². The van der Waals surface area contributed by atoms with Crippen molar-refractivity contribution in [1.82, 2.24) is 0 Å². The van der Waals surface area contributed by atoms with Gasteiger partial charge in [-0.05, 0) is 39.7 Å². The first-order valence-electron chi connectivity index (χ1n) is 5.00. The lowest BCUT2D eigenvalue weighted by Gasteiger charge is -1.97. The molecule has 14 heavy (non-hydrogen) atoms. The van der Waals surface area contributed by atoms with Crippen LogP contribution in [0.1, 0.15) is 40.0 Å². The number of hydrogen-bond donors (Lipinski definition) is 0. The maximum atomic E-state index is 11.2. The predicted octanol–water partition coefficient (Wildman–Crippen LogP) is 3.82. The van der Waals surface area contributed by atoms with Gasteiger partial charge in [0, 0.05) is 6.42 Å². The van der Waals surface area contributed by atoms with Crippen molar-refractivity contribution >= 4 is 5.78 Å². The molecule has 0 aromatic carbocycles. The fourth-order valence-corrected chi connectivity index (χ4v) is 1.14. The van der Waals surface area contributed by atoms with Crippen LogP contribution >= 0.6 is 0 Å². The summed E-state index contributed by atoms with van der Waals surface area (Å²) in [4.78, 5) is 11.2. The summed E-state index contributed by atoms with van der Waals surface area (Å²) in [6.45, 7) is 9.70. The fraction of sp³-hybridized carbons (Fsp3) is 0.462. The first-order valence-corrected chi connectivity index (χ1v) is 5.00. The number of carbonyl (C=O) groups is 1. The first kappa shape index (κ1) is 12.9. The molecular formula is C13H20O. The molecule has 0 aliphatic carbocycles. The van der Waals surface area contributed by atoms with Gasteiger partial charge in [-0.2, -0.15) is 0 Å². The third-order valence-electron chi connectivity index (χ3n) is 1.84. The lowest BCUT2D eigenvalue weighted by Crippen LogP contribution is -1.91. The zero-order valence-electron chi connectivity index (χ0n) is 9.47. The molecule has 0 atom stereocenters. The largest absolute Gasteiger partial charge is 0.295 e. The molecule has 0 saturated heterocycles. The second-order valence-electron chi connectivity index (χ2n) is 3.77. The highest BCUT2D eigenvalue weighted by molar-refractivity contribution is 5.91. The van der Waals surface area contributed by atoms with Crippen LogP contribution in [0.25, 0.3) is 0 Å². The number of ketones is 1. The standard InChI is InChI=1S/C13H20O/c1-5-7-13(14)10-12(4)9-6-8-11(2)3/h5,8,10H,1,6-7,9H2,2-4H3/b12-10-. The van der Waals surface area contributed by atoms with E-state index in [0.717, 1.165) is 18.4 Å². The normalized spacial score (nSPS) is 10.9. The highest BCUT2D eigenvalue weighted by atomic mass is 16.1.